The van der Waals surface area contributed by atoms with Crippen LogP contribution in [0.25, 0.3) is 11.0 Å². The van der Waals surface area contributed by atoms with Gasteiger partial charge in [-0.3, -0.25) is 4.90 Å². The van der Waals surface area contributed by atoms with Crippen LogP contribution >= 0.6 is 11.6 Å². The molecule has 0 amide bonds. The van der Waals surface area contributed by atoms with E-state index in [1.54, 1.807) is 42.7 Å². The van der Waals surface area contributed by atoms with Crippen LogP contribution in [0.2, 0.25) is 5.02 Å². The number of carboxylic acids is 1. The lowest BCUT2D eigenvalue weighted by molar-refractivity contribution is 0.0697. The number of ether oxygens (including phenoxy) is 1. The van der Waals surface area contributed by atoms with Gasteiger partial charge in [0.1, 0.15) is 24.6 Å². The zero-order valence-corrected chi connectivity index (χ0v) is 23.7. The Labute approximate surface area is 246 Å². The number of benzene rings is 2. The van der Waals surface area contributed by atoms with Crippen molar-refractivity contribution in [3.05, 3.63) is 100 Å². The SMILES string of the molecule is Cn1cnnc1Cn1c(CN2CCC(c3cccc(OCc4ccc(Cl)cc4F)n3)CC2)nc2ccc(C(=O)O)cc21. The van der Waals surface area contributed by atoms with Gasteiger partial charge in [-0.05, 0) is 62.3 Å². The lowest BCUT2D eigenvalue weighted by Crippen LogP contribution is -2.33. The standard InChI is InChI=1S/C30H29ClFN7O3/c1-37-18-33-36-28(37)16-39-26-13-20(30(40)41)6-8-25(26)34-27(39)15-38-11-9-19(10-12-38)24-3-2-4-29(35-24)42-17-21-5-7-22(31)14-23(21)32/h2-8,13-14,18-19H,9-12,15-17H2,1H3,(H,40,41). The Hall–Kier alpha value is -4.35. The monoisotopic (exact) mass is 589 g/mol. The molecule has 0 atom stereocenters. The van der Waals surface area contributed by atoms with Crippen molar-refractivity contribution < 1.29 is 19.0 Å². The van der Waals surface area contributed by atoms with Crippen molar-refractivity contribution in [3.63, 3.8) is 0 Å². The summed E-state index contributed by atoms with van der Waals surface area (Å²) in [5, 5.41) is 18.1. The van der Waals surface area contributed by atoms with Gasteiger partial charge in [0, 0.05) is 35.3 Å². The Kier molecular flexibility index (Phi) is 7.86. The Morgan fingerprint density at radius 2 is 1.90 bits per heavy atom. The second-order valence-corrected chi connectivity index (χ2v) is 10.9. The van der Waals surface area contributed by atoms with Crippen LogP contribution < -0.4 is 4.74 Å². The van der Waals surface area contributed by atoms with E-state index in [0.717, 1.165) is 54.3 Å². The van der Waals surface area contributed by atoms with Crippen LogP contribution in [0.1, 0.15) is 52.0 Å². The molecule has 1 fully saturated rings. The smallest absolute Gasteiger partial charge is 0.335 e. The molecule has 216 valence electrons. The van der Waals surface area contributed by atoms with E-state index in [1.165, 1.54) is 6.07 Å². The van der Waals surface area contributed by atoms with Crippen LogP contribution in [0.4, 0.5) is 4.39 Å². The molecular weight excluding hydrogens is 561 g/mol. The molecule has 4 heterocycles. The number of aromatic nitrogens is 6. The molecule has 1 aliphatic heterocycles. The quantitative estimate of drug-likeness (QED) is 0.254. The number of nitrogens with zero attached hydrogens (tertiary/aromatic N) is 7. The third-order valence-corrected chi connectivity index (χ3v) is 7.92. The minimum Gasteiger partial charge on any atom is -0.478 e. The van der Waals surface area contributed by atoms with E-state index in [1.807, 2.05) is 28.3 Å². The molecule has 10 nitrogen and oxygen atoms in total. The molecule has 2 aromatic carbocycles. The van der Waals surface area contributed by atoms with Crippen LogP contribution in [0.3, 0.4) is 0 Å². The second kappa shape index (κ2) is 11.9. The fraction of sp³-hybridized carbons (Fsp3) is 0.300. The van der Waals surface area contributed by atoms with Gasteiger partial charge in [0.2, 0.25) is 5.88 Å². The molecule has 42 heavy (non-hydrogen) atoms. The highest BCUT2D eigenvalue weighted by Gasteiger charge is 2.24. The molecule has 1 saturated heterocycles. The molecule has 0 saturated carbocycles. The van der Waals surface area contributed by atoms with Gasteiger partial charge in [0.05, 0.1) is 29.7 Å². The maximum Gasteiger partial charge on any atom is 0.335 e. The van der Waals surface area contributed by atoms with E-state index in [4.69, 9.17) is 26.3 Å². The van der Waals surface area contributed by atoms with Crippen LogP contribution in [-0.4, -0.2) is 58.4 Å². The van der Waals surface area contributed by atoms with E-state index in [-0.39, 0.29) is 18.1 Å². The molecule has 0 spiro atoms. The molecule has 12 heteroatoms. The van der Waals surface area contributed by atoms with Crippen LogP contribution in [-0.2, 0) is 26.7 Å². The van der Waals surface area contributed by atoms with Crippen molar-refractivity contribution in [2.24, 2.45) is 7.05 Å². The Morgan fingerprint density at radius 3 is 2.64 bits per heavy atom. The lowest BCUT2D eigenvalue weighted by Gasteiger charge is -2.31. The number of pyridine rings is 1. The summed E-state index contributed by atoms with van der Waals surface area (Å²) in [6.45, 7) is 2.81. The largest absolute Gasteiger partial charge is 0.478 e. The summed E-state index contributed by atoms with van der Waals surface area (Å²) in [6, 6.07) is 15.2. The number of hydrogen-bond acceptors (Lipinski definition) is 7. The van der Waals surface area contributed by atoms with Crippen LogP contribution in [0.5, 0.6) is 5.88 Å². The first-order chi connectivity index (χ1) is 20.3. The lowest BCUT2D eigenvalue weighted by atomic mass is 9.93. The van der Waals surface area contributed by atoms with Crippen molar-refractivity contribution >= 4 is 28.6 Å². The summed E-state index contributed by atoms with van der Waals surface area (Å²) < 4.78 is 23.8. The Bertz CT molecular complexity index is 1750. The first kappa shape index (κ1) is 27.8. The molecule has 0 aliphatic carbocycles. The van der Waals surface area contributed by atoms with Gasteiger partial charge in [-0.15, -0.1) is 10.2 Å². The van der Waals surface area contributed by atoms with Crippen molar-refractivity contribution in [1.29, 1.82) is 0 Å². The maximum atomic E-state index is 14.1. The van der Waals surface area contributed by atoms with Gasteiger partial charge in [-0.25, -0.2) is 19.2 Å². The van der Waals surface area contributed by atoms with Gasteiger partial charge >= 0.3 is 5.97 Å². The number of rotatable bonds is 9. The van der Waals surface area contributed by atoms with E-state index >= 15 is 0 Å². The third-order valence-electron chi connectivity index (χ3n) is 7.69. The number of aryl methyl sites for hydroxylation is 1. The van der Waals surface area contributed by atoms with Crippen molar-refractivity contribution in [1.82, 2.24) is 34.2 Å². The zero-order valence-electron chi connectivity index (χ0n) is 23.0. The fourth-order valence-corrected chi connectivity index (χ4v) is 5.47. The number of hydrogen-bond donors (Lipinski definition) is 1. The number of carbonyl (C=O) groups is 1. The molecule has 1 N–H and O–H groups in total. The van der Waals surface area contributed by atoms with Gasteiger partial charge in [-0.2, -0.15) is 0 Å². The van der Waals surface area contributed by atoms with Crippen molar-refractivity contribution in [3.8, 4) is 5.88 Å². The van der Waals surface area contributed by atoms with E-state index in [9.17, 15) is 14.3 Å². The average Bonchev–Trinajstić information content (AvgIpc) is 3.55. The normalized spacial score (nSPS) is 14.5. The Balaban J connectivity index is 1.14. The number of likely N-dealkylation sites (tertiary alicyclic amines) is 1. The predicted octanol–water partition coefficient (Wildman–Crippen LogP) is 5.06. The van der Waals surface area contributed by atoms with Crippen LogP contribution in [0.15, 0.2) is 60.9 Å². The highest BCUT2D eigenvalue weighted by atomic mass is 35.5. The van der Waals surface area contributed by atoms with Gasteiger partial charge < -0.3 is 19.0 Å². The summed E-state index contributed by atoms with van der Waals surface area (Å²) in [6.07, 6.45) is 3.47. The van der Waals surface area contributed by atoms with Gasteiger partial charge in [-0.1, -0.05) is 23.7 Å². The number of carboxylic acid groups (broad SMARTS) is 1. The topological polar surface area (TPSA) is 111 Å². The zero-order chi connectivity index (χ0) is 29.2. The highest BCUT2D eigenvalue weighted by molar-refractivity contribution is 6.30. The number of fused-ring (bicyclic) bond motifs is 1. The summed E-state index contributed by atoms with van der Waals surface area (Å²) in [4.78, 5) is 23.6. The number of imidazole rings is 1. The molecule has 6 rings (SSSR count). The molecule has 0 radical (unpaired) electrons. The Morgan fingerprint density at radius 1 is 1.07 bits per heavy atom. The average molecular weight is 590 g/mol. The minimum atomic E-state index is -0.979. The van der Waals surface area contributed by atoms with E-state index in [2.05, 4.69) is 15.1 Å². The second-order valence-electron chi connectivity index (χ2n) is 10.5. The molecule has 3 aromatic heterocycles. The fourth-order valence-electron chi connectivity index (χ4n) is 5.31. The summed E-state index contributed by atoms with van der Waals surface area (Å²) in [5.41, 5.74) is 3.09. The molecule has 0 unspecified atom stereocenters. The van der Waals surface area contributed by atoms with Crippen molar-refractivity contribution in [2.45, 2.75) is 38.5 Å². The number of piperidine rings is 1. The first-order valence-corrected chi connectivity index (χ1v) is 14.0. The van der Waals surface area contributed by atoms with Crippen molar-refractivity contribution in [2.75, 3.05) is 13.1 Å². The van der Waals surface area contributed by atoms with E-state index in [0.29, 0.717) is 29.6 Å². The number of halogens is 2. The summed E-state index contributed by atoms with van der Waals surface area (Å²) in [5.74, 6) is 0.944. The molecule has 1 aliphatic rings. The van der Waals surface area contributed by atoms with E-state index < -0.39 is 11.8 Å². The molecular formula is C30H29ClFN7O3. The molecule has 0 bridgehead atoms. The predicted molar refractivity (Wildman–Crippen MR) is 154 cm³/mol. The first-order valence-electron chi connectivity index (χ1n) is 13.7. The highest BCUT2D eigenvalue weighted by Crippen LogP contribution is 2.29. The minimum absolute atomic E-state index is 0.0706. The summed E-state index contributed by atoms with van der Waals surface area (Å²) >= 11 is 5.85. The third kappa shape index (κ3) is 5.97. The summed E-state index contributed by atoms with van der Waals surface area (Å²) in [7, 11) is 1.88. The van der Waals surface area contributed by atoms with Gasteiger partial charge in [0.15, 0.2) is 5.82 Å². The van der Waals surface area contributed by atoms with Crippen LogP contribution in [0, 0.1) is 5.82 Å². The number of aromatic carboxylic acids is 1. The van der Waals surface area contributed by atoms with Gasteiger partial charge in [0.25, 0.3) is 0 Å². The maximum absolute atomic E-state index is 14.1. The molecule has 5 aromatic rings.